The second-order valence-corrected chi connectivity index (χ2v) is 7.64. The molecule has 112 valence electrons. The maximum absolute atomic E-state index is 12.8. The van der Waals surface area contributed by atoms with Crippen LogP contribution in [0, 0.1) is 19.8 Å². The second kappa shape index (κ2) is 5.74. The van der Waals surface area contributed by atoms with Crippen molar-refractivity contribution in [1.82, 2.24) is 4.31 Å². The lowest BCUT2D eigenvalue weighted by atomic mass is 9.85. The van der Waals surface area contributed by atoms with Gasteiger partial charge in [-0.3, -0.25) is 0 Å². The Morgan fingerprint density at radius 1 is 1.30 bits per heavy atom. The quantitative estimate of drug-likeness (QED) is 0.850. The molecule has 2 rings (SSSR count). The van der Waals surface area contributed by atoms with Crippen LogP contribution < -0.4 is 5.73 Å². The van der Waals surface area contributed by atoms with Crippen LogP contribution in [0.25, 0.3) is 0 Å². The Kier molecular flexibility index (Phi) is 4.39. The lowest BCUT2D eigenvalue weighted by Crippen LogP contribution is -2.37. The molecule has 1 aromatic rings. The molecule has 20 heavy (non-hydrogen) atoms. The van der Waals surface area contributed by atoms with E-state index in [-0.39, 0.29) is 0 Å². The number of hydrogen-bond donors (Lipinski definition) is 1. The van der Waals surface area contributed by atoms with Gasteiger partial charge >= 0.3 is 0 Å². The Labute approximate surface area is 122 Å². The van der Waals surface area contributed by atoms with E-state index >= 15 is 0 Å². The monoisotopic (exact) mass is 296 g/mol. The Bertz CT molecular complexity index is 592. The number of sulfonamides is 1. The Balaban J connectivity index is 2.37. The molecule has 0 unspecified atom stereocenters. The molecule has 5 heteroatoms. The summed E-state index contributed by atoms with van der Waals surface area (Å²) in [6, 6.07) is 3.54. The van der Waals surface area contributed by atoms with Crippen molar-refractivity contribution in [3.8, 4) is 0 Å². The van der Waals surface area contributed by atoms with Crippen LogP contribution in [-0.4, -0.2) is 25.8 Å². The summed E-state index contributed by atoms with van der Waals surface area (Å²) in [5.74, 6) is 0.521. The first-order valence-electron chi connectivity index (χ1n) is 7.23. The molecule has 0 aliphatic heterocycles. The molecule has 0 radical (unpaired) electrons. The van der Waals surface area contributed by atoms with Gasteiger partial charge in [-0.05, 0) is 55.9 Å². The van der Waals surface area contributed by atoms with E-state index in [9.17, 15) is 8.42 Å². The van der Waals surface area contributed by atoms with Crippen LogP contribution in [-0.2, 0) is 10.0 Å². The fraction of sp³-hybridized carbons (Fsp3) is 0.600. The van der Waals surface area contributed by atoms with Crippen LogP contribution in [0.1, 0.15) is 37.3 Å². The predicted molar refractivity (Wildman–Crippen MR) is 82.1 cm³/mol. The van der Waals surface area contributed by atoms with E-state index in [4.69, 9.17) is 5.73 Å². The third kappa shape index (κ3) is 2.83. The molecule has 0 heterocycles. The van der Waals surface area contributed by atoms with Crippen LogP contribution in [0.2, 0.25) is 0 Å². The molecule has 0 aromatic heterocycles. The largest absolute Gasteiger partial charge is 0.398 e. The maximum Gasteiger partial charge on any atom is 0.243 e. The highest BCUT2D eigenvalue weighted by Gasteiger charge is 2.30. The van der Waals surface area contributed by atoms with E-state index in [2.05, 4.69) is 0 Å². The zero-order valence-electron chi connectivity index (χ0n) is 12.5. The molecule has 1 aliphatic carbocycles. The summed E-state index contributed by atoms with van der Waals surface area (Å²) >= 11 is 0. The summed E-state index contributed by atoms with van der Waals surface area (Å²) in [6.07, 6.45) is 3.50. The van der Waals surface area contributed by atoms with E-state index in [0.717, 1.165) is 18.4 Å². The number of anilines is 1. The Morgan fingerprint density at radius 2 is 1.95 bits per heavy atom. The smallest absolute Gasteiger partial charge is 0.243 e. The van der Waals surface area contributed by atoms with Crippen molar-refractivity contribution in [2.24, 2.45) is 5.92 Å². The fourth-order valence-electron chi connectivity index (χ4n) is 2.62. The minimum atomic E-state index is -3.44. The van der Waals surface area contributed by atoms with Gasteiger partial charge in [-0.2, -0.15) is 4.31 Å². The van der Waals surface area contributed by atoms with Gasteiger partial charge in [-0.15, -0.1) is 0 Å². The number of benzene rings is 1. The zero-order chi connectivity index (χ0) is 14.9. The minimum Gasteiger partial charge on any atom is -0.398 e. The van der Waals surface area contributed by atoms with Gasteiger partial charge < -0.3 is 5.73 Å². The standard InChI is InChI=1S/C15H24N2O2S/c1-4-17(10-13-6-5-7-13)20(18,19)15-9-11(2)8-14(16)12(15)3/h8-9,13H,4-7,10,16H2,1-3H3. The minimum absolute atomic E-state index is 0.358. The molecule has 1 saturated carbocycles. The number of hydrogen-bond acceptors (Lipinski definition) is 3. The Morgan fingerprint density at radius 3 is 2.45 bits per heavy atom. The molecule has 0 saturated heterocycles. The van der Waals surface area contributed by atoms with Crippen molar-refractivity contribution in [2.75, 3.05) is 18.8 Å². The SMILES string of the molecule is CCN(CC1CCC1)S(=O)(=O)c1cc(C)cc(N)c1C. The van der Waals surface area contributed by atoms with Crippen LogP contribution >= 0.6 is 0 Å². The first-order chi connectivity index (χ1) is 9.36. The normalized spacial score (nSPS) is 16.4. The van der Waals surface area contributed by atoms with Crippen LogP contribution in [0.4, 0.5) is 5.69 Å². The molecule has 1 fully saturated rings. The van der Waals surface area contributed by atoms with E-state index in [0.29, 0.717) is 35.2 Å². The van der Waals surface area contributed by atoms with Gasteiger partial charge in [0, 0.05) is 18.8 Å². The van der Waals surface area contributed by atoms with Crippen LogP contribution in [0.5, 0.6) is 0 Å². The number of nitrogen functional groups attached to an aromatic ring is 1. The molecule has 0 amide bonds. The van der Waals surface area contributed by atoms with Gasteiger partial charge in [-0.1, -0.05) is 13.3 Å². The van der Waals surface area contributed by atoms with Crippen molar-refractivity contribution < 1.29 is 8.42 Å². The summed E-state index contributed by atoms with van der Waals surface area (Å²) in [4.78, 5) is 0.358. The van der Waals surface area contributed by atoms with Gasteiger partial charge in [0.15, 0.2) is 0 Å². The predicted octanol–water partition coefficient (Wildman–Crippen LogP) is 2.70. The highest BCUT2D eigenvalue weighted by molar-refractivity contribution is 7.89. The zero-order valence-corrected chi connectivity index (χ0v) is 13.3. The van der Waals surface area contributed by atoms with Crippen molar-refractivity contribution in [3.05, 3.63) is 23.3 Å². The molecule has 4 nitrogen and oxygen atoms in total. The highest BCUT2D eigenvalue weighted by atomic mass is 32.2. The van der Waals surface area contributed by atoms with Crippen molar-refractivity contribution in [1.29, 1.82) is 0 Å². The van der Waals surface area contributed by atoms with E-state index in [1.807, 2.05) is 19.9 Å². The average Bonchev–Trinajstić information content (AvgIpc) is 2.32. The molecule has 0 spiro atoms. The number of nitrogens with zero attached hydrogens (tertiary/aromatic N) is 1. The van der Waals surface area contributed by atoms with Crippen molar-refractivity contribution >= 4 is 15.7 Å². The Hall–Kier alpha value is -1.07. The van der Waals surface area contributed by atoms with Crippen LogP contribution in [0.3, 0.4) is 0 Å². The third-order valence-corrected chi connectivity index (χ3v) is 6.27. The second-order valence-electron chi connectivity index (χ2n) is 5.73. The van der Waals surface area contributed by atoms with E-state index in [1.165, 1.54) is 6.42 Å². The number of rotatable bonds is 5. The van der Waals surface area contributed by atoms with E-state index < -0.39 is 10.0 Å². The molecule has 1 aromatic carbocycles. The van der Waals surface area contributed by atoms with Crippen molar-refractivity contribution in [2.45, 2.75) is 44.9 Å². The molecule has 2 N–H and O–H groups in total. The molecule has 1 aliphatic rings. The summed E-state index contributed by atoms with van der Waals surface area (Å²) in [5.41, 5.74) is 8.00. The molecule has 0 bridgehead atoms. The van der Waals surface area contributed by atoms with Gasteiger partial charge in [0.05, 0.1) is 4.90 Å². The van der Waals surface area contributed by atoms with Gasteiger partial charge in [0.2, 0.25) is 10.0 Å². The summed E-state index contributed by atoms with van der Waals surface area (Å²) in [7, 11) is -3.44. The molecule has 0 atom stereocenters. The van der Waals surface area contributed by atoms with Crippen LogP contribution in [0.15, 0.2) is 17.0 Å². The third-order valence-electron chi connectivity index (χ3n) is 4.20. The maximum atomic E-state index is 12.8. The topological polar surface area (TPSA) is 63.4 Å². The van der Waals surface area contributed by atoms with Gasteiger partial charge in [0.1, 0.15) is 0 Å². The molecular formula is C15H24N2O2S. The summed E-state index contributed by atoms with van der Waals surface area (Å²) < 4.78 is 27.3. The lowest BCUT2D eigenvalue weighted by molar-refractivity contribution is 0.250. The highest BCUT2D eigenvalue weighted by Crippen LogP contribution is 2.31. The summed E-state index contributed by atoms with van der Waals surface area (Å²) in [5, 5.41) is 0. The van der Waals surface area contributed by atoms with Gasteiger partial charge in [-0.25, -0.2) is 8.42 Å². The van der Waals surface area contributed by atoms with Gasteiger partial charge in [0.25, 0.3) is 0 Å². The van der Waals surface area contributed by atoms with E-state index in [1.54, 1.807) is 17.3 Å². The lowest BCUT2D eigenvalue weighted by Gasteiger charge is -2.31. The first-order valence-corrected chi connectivity index (χ1v) is 8.67. The fourth-order valence-corrected chi connectivity index (χ4v) is 4.48. The number of aryl methyl sites for hydroxylation is 1. The first kappa shape index (κ1) is 15.3. The average molecular weight is 296 g/mol. The number of nitrogens with two attached hydrogens (primary N) is 1. The van der Waals surface area contributed by atoms with Crippen molar-refractivity contribution in [3.63, 3.8) is 0 Å². The summed E-state index contributed by atoms with van der Waals surface area (Å²) in [6.45, 7) is 6.68. The molecular weight excluding hydrogens is 272 g/mol.